The second kappa shape index (κ2) is 13.4. The van der Waals surface area contributed by atoms with Crippen LogP contribution in [0.4, 0.5) is 0 Å². The van der Waals surface area contributed by atoms with Crippen molar-refractivity contribution >= 4 is 87.4 Å². The maximum Gasteiger partial charge on any atom is 0.140 e. The van der Waals surface area contributed by atoms with E-state index < -0.39 is 0 Å². The van der Waals surface area contributed by atoms with Crippen LogP contribution >= 0.6 is 0 Å². The normalized spacial score (nSPS) is 12.9. The Bertz CT molecular complexity index is 4350. The molecule has 9 aromatic carbocycles. The highest BCUT2D eigenvalue weighted by atomic mass is 16.3. The zero-order valence-corrected chi connectivity index (χ0v) is 34.2. The number of para-hydroxylation sites is 7. The SMILES string of the molecule is [2H]c1c([2H])c([2H])c2c(c1[2H])c1ccccc1n2-c1cc(-c2c(-c3ccc4oc5ccccc5c4c3)cccc2-n2c3ccccc3c3ccccc32)cc(-n2c3ccccc3c3ccccc32)n1. The van der Waals surface area contributed by atoms with Gasteiger partial charge in [-0.2, -0.15) is 0 Å². The molecule has 0 bridgehead atoms. The predicted octanol–water partition coefficient (Wildman–Crippen LogP) is 15.6. The summed E-state index contributed by atoms with van der Waals surface area (Å²) in [5, 5.41) is 7.70. The Hall–Kier alpha value is -8.67. The Balaban J connectivity index is 1.17. The van der Waals surface area contributed by atoms with Crippen LogP contribution in [0.1, 0.15) is 5.48 Å². The molecular formula is C59H36N4O. The van der Waals surface area contributed by atoms with Crippen molar-refractivity contribution in [3.63, 3.8) is 0 Å². The van der Waals surface area contributed by atoms with Crippen LogP contribution in [0.3, 0.4) is 0 Å². The predicted molar refractivity (Wildman–Crippen MR) is 265 cm³/mol. The molecule has 5 heterocycles. The topological polar surface area (TPSA) is 40.8 Å². The lowest BCUT2D eigenvalue weighted by atomic mass is 9.92. The summed E-state index contributed by atoms with van der Waals surface area (Å²) in [6, 6.07) is 66.2. The monoisotopic (exact) mass is 820 g/mol. The molecule has 0 N–H and O–H groups in total. The largest absolute Gasteiger partial charge is 0.456 e. The molecule has 0 aliphatic rings. The first-order valence-corrected chi connectivity index (χ1v) is 21.5. The van der Waals surface area contributed by atoms with E-state index in [1.807, 2.05) is 47.0 Å². The van der Waals surface area contributed by atoms with Gasteiger partial charge < -0.3 is 8.98 Å². The maximum absolute atomic E-state index is 9.46. The minimum atomic E-state index is -0.300. The molecule has 0 amide bonds. The first-order valence-electron chi connectivity index (χ1n) is 23.5. The van der Waals surface area contributed by atoms with Gasteiger partial charge in [0.1, 0.15) is 22.8 Å². The molecule has 0 spiro atoms. The van der Waals surface area contributed by atoms with Gasteiger partial charge in [0, 0.05) is 48.7 Å². The standard InChI is InChI=1S/C59H36N4O/c1-8-24-48-40(16-1)41-17-2-9-25-49(41)61(48)54-30-15-23-39(37-32-33-56-47(34-37)46-22-7-14-31-55(46)64-56)59(54)38-35-57(62-50-26-10-3-18-42(50)43-19-4-11-27-51(43)62)60-58(36-38)63-52-28-12-5-20-44(52)45-21-6-13-29-53(45)63/h1-36H/i3D,10D,18D,26D. The molecule has 5 aromatic heterocycles. The molecule has 0 saturated carbocycles. The molecule has 0 radical (unpaired) electrons. The average Bonchev–Trinajstić information content (AvgIpc) is 4.13. The molecule has 0 saturated heterocycles. The average molecular weight is 821 g/mol. The van der Waals surface area contributed by atoms with Crippen molar-refractivity contribution in [3.05, 3.63) is 218 Å². The van der Waals surface area contributed by atoms with Crippen LogP contribution in [0, 0.1) is 0 Å². The first kappa shape index (κ1) is 31.2. The molecular weight excluding hydrogens is 781 g/mol. The number of rotatable bonds is 5. The summed E-state index contributed by atoms with van der Waals surface area (Å²) in [6.45, 7) is 0. The number of fused-ring (bicyclic) bond motifs is 12. The van der Waals surface area contributed by atoms with Gasteiger partial charge in [-0.05, 0) is 89.5 Å². The fourth-order valence-electron chi connectivity index (χ4n) is 10.3. The van der Waals surface area contributed by atoms with E-state index in [1.165, 1.54) is 0 Å². The van der Waals surface area contributed by atoms with Crippen LogP contribution in [0.25, 0.3) is 127 Å². The minimum absolute atomic E-state index is 0.0871. The summed E-state index contributed by atoms with van der Waals surface area (Å²) in [5.41, 5.74) is 11.6. The van der Waals surface area contributed by atoms with E-state index in [0.717, 1.165) is 99.0 Å². The lowest BCUT2D eigenvalue weighted by Crippen LogP contribution is -2.06. The Kier molecular flexibility index (Phi) is 6.54. The quantitative estimate of drug-likeness (QED) is 0.174. The molecule has 0 aliphatic carbocycles. The van der Waals surface area contributed by atoms with Crippen molar-refractivity contribution in [2.24, 2.45) is 0 Å². The van der Waals surface area contributed by atoms with Gasteiger partial charge in [-0.3, -0.25) is 9.13 Å². The van der Waals surface area contributed by atoms with Crippen molar-refractivity contribution in [2.75, 3.05) is 0 Å². The van der Waals surface area contributed by atoms with E-state index in [2.05, 4.69) is 161 Å². The summed E-state index contributed by atoms with van der Waals surface area (Å²) < 4.78 is 49.2. The third kappa shape index (κ3) is 4.98. The molecule has 5 heteroatoms. The number of pyridine rings is 1. The first-order chi connectivity index (χ1) is 33.4. The summed E-state index contributed by atoms with van der Waals surface area (Å²) in [5.74, 6) is 1.16. The van der Waals surface area contributed by atoms with E-state index >= 15 is 0 Å². The van der Waals surface area contributed by atoms with Gasteiger partial charge in [-0.1, -0.05) is 146 Å². The molecule has 0 unspecified atom stereocenters. The van der Waals surface area contributed by atoms with Crippen molar-refractivity contribution in [1.29, 1.82) is 0 Å². The highest BCUT2D eigenvalue weighted by Crippen LogP contribution is 2.45. The molecule has 64 heavy (non-hydrogen) atoms. The fraction of sp³-hybridized carbons (Fsp3) is 0. The lowest BCUT2D eigenvalue weighted by Gasteiger charge is -2.21. The van der Waals surface area contributed by atoms with E-state index in [4.69, 9.17) is 12.1 Å². The summed E-state index contributed by atoms with van der Waals surface area (Å²) >= 11 is 0. The van der Waals surface area contributed by atoms with Gasteiger partial charge in [0.2, 0.25) is 0 Å². The maximum atomic E-state index is 9.46. The third-order valence-electron chi connectivity index (χ3n) is 13.0. The molecule has 14 aromatic rings. The van der Waals surface area contributed by atoms with E-state index in [-0.39, 0.29) is 24.2 Å². The van der Waals surface area contributed by atoms with Gasteiger partial charge in [0.05, 0.1) is 44.3 Å². The Morgan fingerprint density at radius 1 is 0.359 bits per heavy atom. The molecule has 5 nitrogen and oxygen atoms in total. The van der Waals surface area contributed by atoms with Crippen LogP contribution in [0.15, 0.2) is 223 Å². The number of furan rings is 1. The van der Waals surface area contributed by atoms with Crippen molar-refractivity contribution in [2.45, 2.75) is 0 Å². The van der Waals surface area contributed by atoms with E-state index in [9.17, 15) is 2.74 Å². The van der Waals surface area contributed by atoms with Crippen molar-refractivity contribution in [3.8, 4) is 39.6 Å². The van der Waals surface area contributed by atoms with E-state index in [0.29, 0.717) is 27.9 Å². The Morgan fingerprint density at radius 2 is 0.844 bits per heavy atom. The van der Waals surface area contributed by atoms with Gasteiger partial charge in [0.25, 0.3) is 0 Å². The van der Waals surface area contributed by atoms with Crippen LogP contribution in [0.2, 0.25) is 0 Å². The zero-order chi connectivity index (χ0) is 45.4. The van der Waals surface area contributed by atoms with Gasteiger partial charge in [-0.25, -0.2) is 4.98 Å². The van der Waals surface area contributed by atoms with Crippen LogP contribution < -0.4 is 0 Å². The smallest absolute Gasteiger partial charge is 0.140 e. The lowest BCUT2D eigenvalue weighted by molar-refractivity contribution is 0.669. The number of aromatic nitrogens is 4. The molecule has 0 fully saturated rings. The van der Waals surface area contributed by atoms with Crippen molar-refractivity contribution < 1.29 is 9.90 Å². The minimum Gasteiger partial charge on any atom is -0.456 e. The van der Waals surface area contributed by atoms with Crippen molar-refractivity contribution in [1.82, 2.24) is 18.7 Å². The molecule has 0 atom stereocenters. The number of nitrogens with zero attached hydrogens (tertiary/aromatic N) is 4. The molecule has 14 rings (SSSR count). The summed E-state index contributed by atoms with van der Waals surface area (Å²) in [7, 11) is 0. The molecule has 298 valence electrons. The Morgan fingerprint density at radius 3 is 1.45 bits per heavy atom. The van der Waals surface area contributed by atoms with E-state index in [1.54, 1.807) is 0 Å². The number of hydrogen-bond acceptors (Lipinski definition) is 2. The number of benzene rings is 9. The van der Waals surface area contributed by atoms with Gasteiger partial charge in [0.15, 0.2) is 0 Å². The Labute approximate surface area is 372 Å². The second-order valence-electron chi connectivity index (χ2n) is 16.4. The fourth-order valence-corrected chi connectivity index (χ4v) is 10.3. The summed E-state index contributed by atoms with van der Waals surface area (Å²) in [4.78, 5) is 5.58. The van der Waals surface area contributed by atoms with Crippen LogP contribution in [-0.2, 0) is 0 Å². The highest BCUT2D eigenvalue weighted by molar-refractivity contribution is 6.13. The van der Waals surface area contributed by atoms with Crippen LogP contribution in [0.5, 0.6) is 0 Å². The molecule has 0 aliphatic heterocycles. The highest BCUT2D eigenvalue weighted by Gasteiger charge is 2.24. The third-order valence-corrected chi connectivity index (χ3v) is 13.0. The summed E-state index contributed by atoms with van der Waals surface area (Å²) in [6.07, 6.45) is 0. The van der Waals surface area contributed by atoms with Crippen LogP contribution in [-0.4, -0.2) is 18.7 Å². The zero-order valence-electron chi connectivity index (χ0n) is 38.2. The number of hydrogen-bond donors (Lipinski definition) is 0. The second-order valence-corrected chi connectivity index (χ2v) is 16.4. The van der Waals surface area contributed by atoms with Gasteiger partial charge >= 0.3 is 0 Å². The van der Waals surface area contributed by atoms with Gasteiger partial charge in [-0.15, -0.1) is 0 Å².